The summed E-state index contributed by atoms with van der Waals surface area (Å²) in [5, 5.41) is 0. The van der Waals surface area contributed by atoms with Crippen LogP contribution in [0.2, 0.25) is 0 Å². The van der Waals surface area contributed by atoms with Crippen LogP contribution < -0.4 is 0 Å². The van der Waals surface area contributed by atoms with Crippen molar-refractivity contribution in [2.45, 2.75) is 25.7 Å². The Morgan fingerprint density at radius 3 is 2.44 bits per heavy atom. The summed E-state index contributed by atoms with van der Waals surface area (Å²) in [6, 6.07) is 8.08. The largest absolute Gasteiger partial charge is 0.249 e. The van der Waals surface area contributed by atoms with Gasteiger partial charge in [-0.05, 0) is 38.0 Å². The Morgan fingerprint density at radius 2 is 1.81 bits per heavy atom. The van der Waals surface area contributed by atoms with Crippen LogP contribution >= 0.6 is 0 Å². The van der Waals surface area contributed by atoms with Crippen molar-refractivity contribution in [3.8, 4) is 0 Å². The van der Waals surface area contributed by atoms with Gasteiger partial charge < -0.3 is 0 Å². The van der Waals surface area contributed by atoms with Crippen LogP contribution in [-0.4, -0.2) is 9.97 Å². The Hall–Kier alpha value is -1.70. The third-order valence-corrected chi connectivity index (χ3v) is 2.91. The summed E-state index contributed by atoms with van der Waals surface area (Å²) in [5.41, 5.74) is 4.22. The Kier molecular flexibility index (Phi) is 2.21. The average Bonchev–Trinajstić information content (AvgIpc) is 3.12. The van der Waals surface area contributed by atoms with Crippen LogP contribution in [0.4, 0.5) is 0 Å². The van der Waals surface area contributed by atoms with Crippen molar-refractivity contribution >= 4 is 17.1 Å². The smallest absolute Gasteiger partial charge is 0.0894 e. The Bertz CT molecular complexity index is 554. The van der Waals surface area contributed by atoms with Gasteiger partial charge in [-0.1, -0.05) is 18.2 Å². The normalized spacial score (nSPS) is 16.1. The van der Waals surface area contributed by atoms with Gasteiger partial charge in [-0.15, -0.1) is 0 Å². The molecule has 0 aliphatic heterocycles. The van der Waals surface area contributed by atoms with Gasteiger partial charge in [-0.2, -0.15) is 0 Å². The van der Waals surface area contributed by atoms with Crippen molar-refractivity contribution < 1.29 is 0 Å². The van der Waals surface area contributed by atoms with E-state index in [0.717, 1.165) is 16.7 Å². The molecule has 0 spiro atoms. The SMILES string of the molecule is C/C=C/c1nc2ccccc2nc1C1CC1. The predicted octanol–water partition coefficient (Wildman–Crippen LogP) is 3.54. The van der Waals surface area contributed by atoms with E-state index in [1.54, 1.807) is 0 Å². The molecule has 0 unspecified atom stereocenters. The fourth-order valence-electron chi connectivity index (χ4n) is 1.97. The zero-order chi connectivity index (χ0) is 11.0. The van der Waals surface area contributed by atoms with E-state index in [4.69, 9.17) is 4.98 Å². The zero-order valence-electron chi connectivity index (χ0n) is 9.35. The summed E-state index contributed by atoms with van der Waals surface area (Å²) in [5.74, 6) is 0.642. The second kappa shape index (κ2) is 3.71. The fourth-order valence-corrected chi connectivity index (χ4v) is 1.97. The first kappa shape index (κ1) is 9.52. The minimum atomic E-state index is 0.642. The monoisotopic (exact) mass is 210 g/mol. The van der Waals surface area contributed by atoms with E-state index in [2.05, 4.69) is 11.1 Å². The lowest BCUT2D eigenvalue weighted by Gasteiger charge is -2.05. The lowest BCUT2D eigenvalue weighted by atomic mass is 10.2. The van der Waals surface area contributed by atoms with E-state index in [1.165, 1.54) is 18.5 Å². The van der Waals surface area contributed by atoms with Crippen LogP contribution in [-0.2, 0) is 0 Å². The van der Waals surface area contributed by atoms with E-state index in [1.807, 2.05) is 37.3 Å². The average molecular weight is 210 g/mol. The predicted molar refractivity (Wildman–Crippen MR) is 66.2 cm³/mol. The van der Waals surface area contributed by atoms with Crippen LogP contribution in [0.5, 0.6) is 0 Å². The molecule has 2 nitrogen and oxygen atoms in total. The van der Waals surface area contributed by atoms with Crippen LogP contribution in [0, 0.1) is 0 Å². The molecule has 3 rings (SSSR count). The number of nitrogens with zero attached hydrogens (tertiary/aromatic N) is 2. The lowest BCUT2D eigenvalue weighted by Crippen LogP contribution is -1.96. The molecule has 1 aliphatic rings. The van der Waals surface area contributed by atoms with Gasteiger partial charge in [0.15, 0.2) is 0 Å². The van der Waals surface area contributed by atoms with Gasteiger partial charge >= 0.3 is 0 Å². The van der Waals surface area contributed by atoms with Crippen molar-refractivity contribution in [3.63, 3.8) is 0 Å². The highest BCUT2D eigenvalue weighted by Crippen LogP contribution is 2.40. The molecule has 0 bridgehead atoms. The van der Waals surface area contributed by atoms with Crippen LogP contribution in [0.15, 0.2) is 30.3 Å². The number of allylic oxidation sites excluding steroid dienone is 1. The summed E-state index contributed by atoms with van der Waals surface area (Å²) in [4.78, 5) is 9.42. The van der Waals surface area contributed by atoms with Crippen molar-refractivity contribution in [1.82, 2.24) is 9.97 Å². The maximum atomic E-state index is 4.74. The van der Waals surface area contributed by atoms with Crippen molar-refractivity contribution in [1.29, 1.82) is 0 Å². The molecule has 2 aromatic rings. The number of aromatic nitrogens is 2. The first-order chi connectivity index (χ1) is 7.88. The molecular weight excluding hydrogens is 196 g/mol. The quantitative estimate of drug-likeness (QED) is 0.757. The highest BCUT2D eigenvalue weighted by molar-refractivity contribution is 5.76. The molecule has 2 heteroatoms. The molecule has 0 atom stereocenters. The van der Waals surface area contributed by atoms with Gasteiger partial charge in [0.05, 0.1) is 22.4 Å². The van der Waals surface area contributed by atoms with Crippen LogP contribution in [0.25, 0.3) is 17.1 Å². The minimum Gasteiger partial charge on any atom is -0.249 e. The van der Waals surface area contributed by atoms with Gasteiger partial charge in [-0.25, -0.2) is 9.97 Å². The van der Waals surface area contributed by atoms with Gasteiger partial charge in [0.1, 0.15) is 0 Å². The number of para-hydroxylation sites is 2. The molecule has 1 aromatic carbocycles. The molecule has 0 N–H and O–H groups in total. The summed E-state index contributed by atoms with van der Waals surface area (Å²) in [7, 11) is 0. The third-order valence-electron chi connectivity index (χ3n) is 2.91. The van der Waals surface area contributed by atoms with Crippen LogP contribution in [0.1, 0.15) is 37.1 Å². The second-order valence-electron chi connectivity index (χ2n) is 4.26. The second-order valence-corrected chi connectivity index (χ2v) is 4.26. The number of benzene rings is 1. The maximum Gasteiger partial charge on any atom is 0.0894 e. The molecule has 1 heterocycles. The molecule has 80 valence electrons. The Morgan fingerprint density at radius 1 is 1.12 bits per heavy atom. The first-order valence-electron chi connectivity index (χ1n) is 5.78. The molecule has 16 heavy (non-hydrogen) atoms. The standard InChI is InChI=1S/C14H14N2/c1-2-5-13-14(10-8-9-10)16-12-7-4-3-6-11(12)15-13/h2-7,10H,8-9H2,1H3/b5-2+. The fraction of sp³-hybridized carbons (Fsp3) is 0.286. The number of rotatable bonds is 2. The Balaban J connectivity index is 2.24. The molecule has 1 aromatic heterocycles. The molecule has 1 aliphatic carbocycles. The molecule has 0 saturated heterocycles. The summed E-state index contributed by atoms with van der Waals surface area (Å²) in [6.07, 6.45) is 6.62. The van der Waals surface area contributed by atoms with Crippen molar-refractivity contribution in [2.75, 3.05) is 0 Å². The number of hydrogen-bond donors (Lipinski definition) is 0. The molecule has 1 saturated carbocycles. The molecular formula is C14H14N2. The highest BCUT2D eigenvalue weighted by atomic mass is 14.8. The number of hydrogen-bond acceptors (Lipinski definition) is 2. The molecule has 0 amide bonds. The van der Waals surface area contributed by atoms with Gasteiger partial charge in [0.25, 0.3) is 0 Å². The van der Waals surface area contributed by atoms with E-state index >= 15 is 0 Å². The minimum absolute atomic E-state index is 0.642. The Labute approximate surface area is 95.0 Å². The third kappa shape index (κ3) is 1.60. The highest BCUT2D eigenvalue weighted by Gasteiger charge is 2.27. The van der Waals surface area contributed by atoms with Crippen LogP contribution in [0.3, 0.4) is 0 Å². The first-order valence-corrected chi connectivity index (χ1v) is 5.78. The van der Waals surface area contributed by atoms with Crippen molar-refractivity contribution in [2.24, 2.45) is 0 Å². The topological polar surface area (TPSA) is 25.8 Å². The van der Waals surface area contributed by atoms with Gasteiger partial charge in [-0.3, -0.25) is 0 Å². The molecule has 0 radical (unpaired) electrons. The maximum absolute atomic E-state index is 4.74. The summed E-state index contributed by atoms with van der Waals surface area (Å²) >= 11 is 0. The van der Waals surface area contributed by atoms with E-state index in [9.17, 15) is 0 Å². The molecule has 1 fully saturated rings. The van der Waals surface area contributed by atoms with E-state index < -0.39 is 0 Å². The number of fused-ring (bicyclic) bond motifs is 1. The summed E-state index contributed by atoms with van der Waals surface area (Å²) < 4.78 is 0. The van der Waals surface area contributed by atoms with Crippen molar-refractivity contribution in [3.05, 3.63) is 41.7 Å². The summed E-state index contributed by atoms with van der Waals surface area (Å²) in [6.45, 7) is 2.02. The lowest BCUT2D eigenvalue weighted by molar-refractivity contribution is 1.01. The van der Waals surface area contributed by atoms with E-state index in [0.29, 0.717) is 5.92 Å². The zero-order valence-corrected chi connectivity index (χ0v) is 9.35. The van der Waals surface area contributed by atoms with Gasteiger partial charge in [0, 0.05) is 5.92 Å². The van der Waals surface area contributed by atoms with E-state index in [-0.39, 0.29) is 0 Å². The van der Waals surface area contributed by atoms with Gasteiger partial charge in [0.2, 0.25) is 0 Å².